The molecule has 0 spiro atoms. The van der Waals surface area contributed by atoms with Crippen molar-refractivity contribution in [3.05, 3.63) is 41.5 Å². The van der Waals surface area contributed by atoms with E-state index in [1.807, 2.05) is 12.1 Å². The zero-order chi connectivity index (χ0) is 11.9. The number of rotatable bonds is 0. The van der Waals surface area contributed by atoms with Crippen molar-refractivity contribution in [1.29, 1.82) is 0 Å². The Balaban J connectivity index is 2.80. The predicted molar refractivity (Wildman–Crippen MR) is 71.8 cm³/mol. The zero-order valence-corrected chi connectivity index (χ0v) is 10.5. The summed E-state index contributed by atoms with van der Waals surface area (Å²) < 4.78 is 0. The van der Waals surface area contributed by atoms with Gasteiger partial charge < -0.3 is 5.73 Å². The van der Waals surface area contributed by atoms with Crippen LogP contribution in [0.5, 0.6) is 0 Å². The third kappa shape index (κ3) is 1.78. The summed E-state index contributed by atoms with van der Waals surface area (Å²) in [6.07, 6.45) is 0. The molecule has 0 fully saturated rings. The highest BCUT2D eigenvalue weighted by molar-refractivity contribution is 5.94. The van der Waals surface area contributed by atoms with Gasteiger partial charge in [0.2, 0.25) is 0 Å². The highest BCUT2D eigenvalue weighted by Crippen LogP contribution is 2.31. The topological polar surface area (TPSA) is 26.0 Å². The van der Waals surface area contributed by atoms with Crippen molar-refractivity contribution in [3.63, 3.8) is 0 Å². The van der Waals surface area contributed by atoms with Gasteiger partial charge in [-0.1, -0.05) is 39.0 Å². The number of aryl methyl sites for hydroxylation is 1. The van der Waals surface area contributed by atoms with E-state index in [2.05, 4.69) is 45.9 Å². The van der Waals surface area contributed by atoms with E-state index in [0.717, 1.165) is 11.1 Å². The first-order chi connectivity index (χ1) is 7.39. The van der Waals surface area contributed by atoms with Crippen LogP contribution in [-0.2, 0) is 5.41 Å². The molecular weight excluding hydrogens is 194 g/mol. The standard InChI is InChI=1S/C15H19N/c1-10-8-11-6-5-7-14(16)12(11)9-13(10)15(2,3)4/h5-9H,16H2,1-4H3. The Morgan fingerprint density at radius 1 is 1.06 bits per heavy atom. The molecule has 0 aliphatic carbocycles. The van der Waals surface area contributed by atoms with Crippen molar-refractivity contribution in [1.82, 2.24) is 0 Å². The van der Waals surface area contributed by atoms with Crippen molar-refractivity contribution in [2.75, 3.05) is 5.73 Å². The van der Waals surface area contributed by atoms with Crippen molar-refractivity contribution in [2.45, 2.75) is 33.1 Å². The maximum atomic E-state index is 6.02. The molecular formula is C15H19N. The van der Waals surface area contributed by atoms with Gasteiger partial charge in [-0.05, 0) is 41.0 Å². The minimum Gasteiger partial charge on any atom is -0.398 e. The molecule has 1 nitrogen and oxygen atoms in total. The summed E-state index contributed by atoms with van der Waals surface area (Å²) in [5.74, 6) is 0. The van der Waals surface area contributed by atoms with Crippen LogP contribution in [0, 0.1) is 6.92 Å². The number of anilines is 1. The largest absolute Gasteiger partial charge is 0.398 e. The average molecular weight is 213 g/mol. The van der Waals surface area contributed by atoms with E-state index in [1.54, 1.807) is 0 Å². The predicted octanol–water partition coefficient (Wildman–Crippen LogP) is 4.03. The van der Waals surface area contributed by atoms with E-state index in [1.165, 1.54) is 16.5 Å². The lowest BCUT2D eigenvalue weighted by atomic mass is 9.82. The van der Waals surface area contributed by atoms with Crippen LogP contribution in [-0.4, -0.2) is 0 Å². The van der Waals surface area contributed by atoms with Gasteiger partial charge >= 0.3 is 0 Å². The minimum absolute atomic E-state index is 0.167. The minimum atomic E-state index is 0.167. The van der Waals surface area contributed by atoms with Crippen LogP contribution in [0.4, 0.5) is 5.69 Å². The van der Waals surface area contributed by atoms with E-state index in [4.69, 9.17) is 5.73 Å². The Morgan fingerprint density at radius 3 is 2.38 bits per heavy atom. The molecule has 2 aromatic rings. The lowest BCUT2D eigenvalue weighted by molar-refractivity contribution is 0.587. The molecule has 0 bridgehead atoms. The maximum Gasteiger partial charge on any atom is 0.0393 e. The third-order valence-corrected chi connectivity index (χ3v) is 3.07. The van der Waals surface area contributed by atoms with Gasteiger partial charge in [0, 0.05) is 11.1 Å². The van der Waals surface area contributed by atoms with Crippen molar-refractivity contribution < 1.29 is 0 Å². The molecule has 0 radical (unpaired) electrons. The summed E-state index contributed by atoms with van der Waals surface area (Å²) in [5, 5.41) is 2.39. The van der Waals surface area contributed by atoms with Crippen molar-refractivity contribution in [2.24, 2.45) is 0 Å². The Morgan fingerprint density at radius 2 is 1.75 bits per heavy atom. The second-order valence-corrected chi connectivity index (χ2v) is 5.49. The molecule has 2 rings (SSSR count). The Labute approximate surface area is 97.3 Å². The Hall–Kier alpha value is -1.50. The van der Waals surface area contributed by atoms with Gasteiger partial charge in [0.05, 0.1) is 0 Å². The monoisotopic (exact) mass is 213 g/mol. The number of nitrogen functional groups attached to an aromatic ring is 1. The normalized spacial score (nSPS) is 12.0. The van der Waals surface area contributed by atoms with Crippen LogP contribution < -0.4 is 5.73 Å². The molecule has 1 heteroatoms. The molecule has 0 saturated heterocycles. The molecule has 0 unspecified atom stereocenters. The summed E-state index contributed by atoms with van der Waals surface area (Å²) in [6.45, 7) is 8.88. The van der Waals surface area contributed by atoms with Crippen LogP contribution in [0.25, 0.3) is 10.8 Å². The zero-order valence-electron chi connectivity index (χ0n) is 10.5. The van der Waals surface area contributed by atoms with Gasteiger partial charge in [-0.25, -0.2) is 0 Å². The van der Waals surface area contributed by atoms with Gasteiger partial charge in [0.1, 0.15) is 0 Å². The fraction of sp³-hybridized carbons (Fsp3) is 0.333. The summed E-state index contributed by atoms with van der Waals surface area (Å²) in [6, 6.07) is 10.6. The van der Waals surface area contributed by atoms with Crippen molar-refractivity contribution in [3.8, 4) is 0 Å². The summed E-state index contributed by atoms with van der Waals surface area (Å²) >= 11 is 0. The van der Waals surface area contributed by atoms with Gasteiger partial charge in [-0.15, -0.1) is 0 Å². The first-order valence-corrected chi connectivity index (χ1v) is 5.69. The first kappa shape index (κ1) is 11.0. The summed E-state index contributed by atoms with van der Waals surface area (Å²) in [5.41, 5.74) is 9.76. The molecule has 0 aliphatic heterocycles. The Kier molecular flexibility index (Phi) is 2.42. The van der Waals surface area contributed by atoms with Gasteiger partial charge in [-0.3, -0.25) is 0 Å². The summed E-state index contributed by atoms with van der Waals surface area (Å²) in [7, 11) is 0. The molecule has 16 heavy (non-hydrogen) atoms. The molecule has 0 amide bonds. The lowest BCUT2D eigenvalue weighted by Gasteiger charge is -2.22. The average Bonchev–Trinajstić information content (AvgIpc) is 2.15. The molecule has 0 aliphatic rings. The molecule has 84 valence electrons. The van der Waals surface area contributed by atoms with Crippen LogP contribution in [0.15, 0.2) is 30.3 Å². The van der Waals surface area contributed by atoms with Gasteiger partial charge in [0.25, 0.3) is 0 Å². The quantitative estimate of drug-likeness (QED) is 0.657. The molecule has 0 aromatic heterocycles. The van der Waals surface area contributed by atoms with E-state index in [-0.39, 0.29) is 5.41 Å². The van der Waals surface area contributed by atoms with Crippen LogP contribution in [0.1, 0.15) is 31.9 Å². The molecule has 0 heterocycles. The molecule has 0 saturated carbocycles. The number of nitrogens with two attached hydrogens (primary N) is 1. The van der Waals surface area contributed by atoms with E-state index < -0.39 is 0 Å². The first-order valence-electron chi connectivity index (χ1n) is 5.69. The van der Waals surface area contributed by atoms with Crippen LogP contribution >= 0.6 is 0 Å². The maximum absolute atomic E-state index is 6.02. The smallest absolute Gasteiger partial charge is 0.0393 e. The second kappa shape index (κ2) is 3.51. The van der Waals surface area contributed by atoms with Crippen LogP contribution in [0.2, 0.25) is 0 Å². The summed E-state index contributed by atoms with van der Waals surface area (Å²) in [4.78, 5) is 0. The number of hydrogen-bond donors (Lipinski definition) is 1. The van der Waals surface area contributed by atoms with Gasteiger partial charge in [-0.2, -0.15) is 0 Å². The SMILES string of the molecule is Cc1cc2cccc(N)c2cc1C(C)(C)C. The van der Waals surface area contributed by atoms with Crippen LogP contribution in [0.3, 0.4) is 0 Å². The van der Waals surface area contributed by atoms with E-state index in [9.17, 15) is 0 Å². The fourth-order valence-corrected chi connectivity index (χ4v) is 2.27. The second-order valence-electron chi connectivity index (χ2n) is 5.49. The molecule has 0 atom stereocenters. The van der Waals surface area contributed by atoms with Gasteiger partial charge in [0.15, 0.2) is 0 Å². The van der Waals surface area contributed by atoms with E-state index in [0.29, 0.717) is 0 Å². The van der Waals surface area contributed by atoms with E-state index >= 15 is 0 Å². The highest BCUT2D eigenvalue weighted by atomic mass is 14.5. The van der Waals surface area contributed by atoms with Crippen molar-refractivity contribution >= 4 is 16.5 Å². The fourth-order valence-electron chi connectivity index (χ4n) is 2.27. The third-order valence-electron chi connectivity index (χ3n) is 3.07. The lowest BCUT2D eigenvalue weighted by Crippen LogP contribution is -2.13. The number of hydrogen-bond acceptors (Lipinski definition) is 1. The Bertz CT molecular complexity index is 533. The number of fused-ring (bicyclic) bond motifs is 1. The number of benzene rings is 2. The molecule has 2 aromatic carbocycles. The molecule has 2 N–H and O–H groups in total. The highest BCUT2D eigenvalue weighted by Gasteiger charge is 2.17.